The number of nitrogens with one attached hydrogen (secondary N) is 1. The normalized spacial score (nSPS) is 12.2. The zero-order valence-electron chi connectivity index (χ0n) is 11.1. The van der Waals surface area contributed by atoms with Gasteiger partial charge >= 0.3 is 0 Å². The molecule has 0 bridgehead atoms. The minimum Gasteiger partial charge on any atom is -0.387 e. The van der Waals surface area contributed by atoms with Crippen LogP contribution in [0, 0.1) is 0 Å². The zero-order valence-corrected chi connectivity index (χ0v) is 11.9. The van der Waals surface area contributed by atoms with E-state index in [-0.39, 0.29) is 18.1 Å². The number of fused-ring (bicyclic) bond motifs is 1. The molecule has 2 aromatic carbocycles. The minimum atomic E-state index is -0.759. The Kier molecular flexibility index (Phi) is 3.89. The quantitative estimate of drug-likeness (QED) is 0.774. The van der Waals surface area contributed by atoms with Crippen molar-refractivity contribution in [1.29, 1.82) is 0 Å². The van der Waals surface area contributed by atoms with Gasteiger partial charge in [-0.25, -0.2) is 0 Å². The lowest BCUT2D eigenvalue weighted by atomic mass is 10.0. The maximum Gasteiger partial charge on any atom is 0.272 e. The smallest absolute Gasteiger partial charge is 0.272 e. The number of carbonyl (C=O) groups is 1. The van der Waals surface area contributed by atoms with E-state index >= 15 is 0 Å². The fourth-order valence-electron chi connectivity index (χ4n) is 2.08. The SMILES string of the molecule is O=C(NCC(O)c1ccc2ccccc2c1)c1csnn1. The summed E-state index contributed by atoms with van der Waals surface area (Å²) in [5, 5.41) is 20.3. The first-order chi connectivity index (χ1) is 10.2. The lowest BCUT2D eigenvalue weighted by molar-refractivity contribution is 0.0911. The number of amides is 1. The number of carbonyl (C=O) groups excluding carboxylic acids is 1. The molecule has 0 saturated carbocycles. The highest BCUT2D eigenvalue weighted by molar-refractivity contribution is 7.03. The van der Waals surface area contributed by atoms with Gasteiger partial charge in [0.2, 0.25) is 0 Å². The van der Waals surface area contributed by atoms with Crippen LogP contribution in [-0.4, -0.2) is 27.1 Å². The van der Waals surface area contributed by atoms with Gasteiger partial charge in [-0.05, 0) is 33.9 Å². The maximum absolute atomic E-state index is 11.7. The van der Waals surface area contributed by atoms with Crippen LogP contribution in [0.25, 0.3) is 10.8 Å². The van der Waals surface area contributed by atoms with E-state index in [0.29, 0.717) is 0 Å². The highest BCUT2D eigenvalue weighted by Gasteiger charge is 2.12. The monoisotopic (exact) mass is 299 g/mol. The van der Waals surface area contributed by atoms with Gasteiger partial charge in [-0.15, -0.1) is 5.10 Å². The van der Waals surface area contributed by atoms with Crippen molar-refractivity contribution in [2.45, 2.75) is 6.10 Å². The van der Waals surface area contributed by atoms with Crippen molar-refractivity contribution in [2.24, 2.45) is 0 Å². The maximum atomic E-state index is 11.7. The Hall–Kier alpha value is -2.31. The number of aromatic nitrogens is 2. The largest absolute Gasteiger partial charge is 0.387 e. The van der Waals surface area contributed by atoms with Crippen LogP contribution in [0.2, 0.25) is 0 Å². The fourth-order valence-corrected chi connectivity index (χ4v) is 2.51. The van der Waals surface area contributed by atoms with Crippen LogP contribution in [0.15, 0.2) is 47.8 Å². The second kappa shape index (κ2) is 5.99. The standard InChI is InChI=1S/C15H13N3O2S/c19-14(8-16-15(20)13-9-21-18-17-13)12-6-5-10-3-1-2-4-11(10)7-12/h1-7,9,14,19H,8H2,(H,16,20). The summed E-state index contributed by atoms with van der Waals surface area (Å²) in [5.41, 5.74) is 1.04. The molecule has 3 rings (SSSR count). The molecule has 1 atom stereocenters. The third-order valence-electron chi connectivity index (χ3n) is 3.21. The second-order valence-electron chi connectivity index (χ2n) is 4.62. The van der Waals surface area contributed by atoms with Gasteiger partial charge in [0.05, 0.1) is 6.10 Å². The van der Waals surface area contributed by atoms with Gasteiger partial charge in [0, 0.05) is 11.9 Å². The van der Waals surface area contributed by atoms with Crippen molar-refractivity contribution in [3.05, 3.63) is 59.1 Å². The van der Waals surface area contributed by atoms with Gasteiger partial charge in [0.15, 0.2) is 5.69 Å². The van der Waals surface area contributed by atoms with E-state index in [0.717, 1.165) is 27.9 Å². The predicted molar refractivity (Wildman–Crippen MR) is 81.2 cm³/mol. The molecule has 5 nitrogen and oxygen atoms in total. The molecular weight excluding hydrogens is 286 g/mol. The van der Waals surface area contributed by atoms with E-state index in [1.807, 2.05) is 42.5 Å². The van der Waals surface area contributed by atoms with Gasteiger partial charge in [0.25, 0.3) is 5.91 Å². The number of hydrogen-bond donors (Lipinski definition) is 2. The number of aliphatic hydroxyl groups excluding tert-OH is 1. The van der Waals surface area contributed by atoms with Crippen molar-refractivity contribution in [3.63, 3.8) is 0 Å². The lowest BCUT2D eigenvalue weighted by Gasteiger charge is -2.12. The van der Waals surface area contributed by atoms with E-state index in [2.05, 4.69) is 14.9 Å². The molecule has 0 aliphatic carbocycles. The zero-order chi connectivity index (χ0) is 14.7. The Balaban J connectivity index is 1.69. The van der Waals surface area contributed by atoms with Gasteiger partial charge < -0.3 is 10.4 Å². The van der Waals surface area contributed by atoms with Crippen LogP contribution >= 0.6 is 11.5 Å². The molecule has 0 radical (unpaired) electrons. The van der Waals surface area contributed by atoms with Gasteiger partial charge in [-0.2, -0.15) is 0 Å². The van der Waals surface area contributed by atoms with E-state index in [1.165, 1.54) is 0 Å². The number of rotatable bonds is 4. The Labute approximate surface area is 125 Å². The first kappa shape index (κ1) is 13.7. The number of hydrogen-bond acceptors (Lipinski definition) is 5. The Bertz CT molecular complexity index is 758. The molecule has 0 aliphatic heterocycles. The average molecular weight is 299 g/mol. The molecule has 3 aromatic rings. The summed E-state index contributed by atoms with van der Waals surface area (Å²) in [6.07, 6.45) is -0.759. The van der Waals surface area contributed by atoms with Crippen molar-refractivity contribution in [1.82, 2.24) is 14.9 Å². The van der Waals surface area contributed by atoms with Crippen LogP contribution in [0.4, 0.5) is 0 Å². The summed E-state index contributed by atoms with van der Waals surface area (Å²) < 4.78 is 3.63. The predicted octanol–water partition coefficient (Wildman–Crippen LogP) is 2.15. The van der Waals surface area contributed by atoms with Gasteiger partial charge in [-0.3, -0.25) is 4.79 Å². The topological polar surface area (TPSA) is 75.1 Å². The summed E-state index contributed by atoms with van der Waals surface area (Å²) >= 11 is 1.12. The fraction of sp³-hybridized carbons (Fsp3) is 0.133. The van der Waals surface area contributed by atoms with E-state index in [1.54, 1.807) is 5.38 Å². The Morgan fingerprint density at radius 3 is 2.81 bits per heavy atom. The third-order valence-corrected chi connectivity index (χ3v) is 3.71. The number of benzene rings is 2. The van der Waals surface area contributed by atoms with Gasteiger partial charge in [-0.1, -0.05) is 40.9 Å². The van der Waals surface area contributed by atoms with Crippen molar-refractivity contribution in [2.75, 3.05) is 6.54 Å². The molecule has 0 aliphatic rings. The molecule has 1 aromatic heterocycles. The molecule has 106 valence electrons. The minimum absolute atomic E-state index is 0.134. The van der Waals surface area contributed by atoms with E-state index in [4.69, 9.17) is 0 Å². The Morgan fingerprint density at radius 2 is 2.05 bits per heavy atom. The molecule has 1 unspecified atom stereocenters. The Morgan fingerprint density at radius 1 is 1.24 bits per heavy atom. The average Bonchev–Trinajstić information content (AvgIpc) is 3.06. The third kappa shape index (κ3) is 3.07. The van der Waals surface area contributed by atoms with Crippen LogP contribution in [-0.2, 0) is 0 Å². The molecule has 0 spiro atoms. The molecule has 1 amide bonds. The van der Waals surface area contributed by atoms with E-state index in [9.17, 15) is 9.90 Å². The van der Waals surface area contributed by atoms with E-state index < -0.39 is 6.10 Å². The summed E-state index contributed by atoms with van der Waals surface area (Å²) in [4.78, 5) is 11.7. The van der Waals surface area contributed by atoms with Crippen LogP contribution < -0.4 is 5.32 Å². The lowest BCUT2D eigenvalue weighted by Crippen LogP contribution is -2.28. The van der Waals surface area contributed by atoms with Crippen molar-refractivity contribution in [3.8, 4) is 0 Å². The molecule has 21 heavy (non-hydrogen) atoms. The van der Waals surface area contributed by atoms with Crippen molar-refractivity contribution >= 4 is 28.2 Å². The number of aliphatic hydroxyl groups is 1. The van der Waals surface area contributed by atoms with Crippen LogP contribution in [0.5, 0.6) is 0 Å². The summed E-state index contributed by atoms with van der Waals surface area (Å²) in [6, 6.07) is 13.7. The van der Waals surface area contributed by atoms with Crippen LogP contribution in [0.3, 0.4) is 0 Å². The highest BCUT2D eigenvalue weighted by Crippen LogP contribution is 2.20. The first-order valence-electron chi connectivity index (χ1n) is 6.46. The summed E-state index contributed by atoms with van der Waals surface area (Å²) in [7, 11) is 0. The molecule has 0 saturated heterocycles. The van der Waals surface area contributed by atoms with Crippen molar-refractivity contribution < 1.29 is 9.90 Å². The summed E-state index contributed by atoms with van der Waals surface area (Å²) in [5.74, 6) is -0.330. The molecule has 2 N–H and O–H groups in total. The molecule has 1 heterocycles. The molecule has 6 heteroatoms. The summed E-state index contributed by atoms with van der Waals surface area (Å²) in [6.45, 7) is 0.134. The molecular formula is C15H13N3O2S. The number of nitrogens with zero attached hydrogens (tertiary/aromatic N) is 2. The molecule has 0 fully saturated rings. The highest BCUT2D eigenvalue weighted by atomic mass is 32.1. The second-order valence-corrected chi connectivity index (χ2v) is 5.23. The van der Waals surface area contributed by atoms with Gasteiger partial charge in [0.1, 0.15) is 0 Å². The van der Waals surface area contributed by atoms with Crippen LogP contribution in [0.1, 0.15) is 22.2 Å². The first-order valence-corrected chi connectivity index (χ1v) is 7.30.